The Morgan fingerprint density at radius 2 is 2.18 bits per heavy atom. The second-order valence-corrected chi connectivity index (χ2v) is 5.79. The van der Waals surface area contributed by atoms with Crippen molar-refractivity contribution in [3.8, 4) is 0 Å². The summed E-state index contributed by atoms with van der Waals surface area (Å²) < 4.78 is 14.3. The molecule has 0 aliphatic heterocycles. The predicted molar refractivity (Wildman–Crippen MR) is 71.8 cm³/mol. The zero-order valence-electron chi connectivity index (χ0n) is 9.28. The van der Waals surface area contributed by atoms with E-state index in [9.17, 15) is 9.50 Å². The van der Waals surface area contributed by atoms with E-state index in [0.717, 1.165) is 10.4 Å². The fourth-order valence-electron chi connectivity index (χ4n) is 1.71. The third-order valence-corrected chi connectivity index (χ3v) is 4.25. The number of benzene rings is 1. The van der Waals surface area contributed by atoms with Crippen LogP contribution in [0.2, 0.25) is 0 Å². The van der Waals surface area contributed by atoms with Crippen LogP contribution in [0.5, 0.6) is 0 Å². The normalized spacial score (nSPS) is 12.7. The summed E-state index contributed by atoms with van der Waals surface area (Å²) in [5, 5.41) is 12.0. The van der Waals surface area contributed by atoms with Gasteiger partial charge < -0.3 is 5.11 Å². The molecule has 1 N–H and O–H groups in total. The summed E-state index contributed by atoms with van der Waals surface area (Å²) in [6.45, 7) is 1.95. The van der Waals surface area contributed by atoms with Gasteiger partial charge in [-0.2, -0.15) is 0 Å². The molecule has 4 heteroatoms. The van der Waals surface area contributed by atoms with Gasteiger partial charge in [0.15, 0.2) is 0 Å². The number of hydrogen-bond donors (Lipinski definition) is 1. The Balaban J connectivity index is 2.19. The number of thiophene rings is 1. The quantitative estimate of drug-likeness (QED) is 0.898. The number of aryl methyl sites for hydroxylation is 1. The van der Waals surface area contributed by atoms with E-state index in [1.54, 1.807) is 12.1 Å². The molecule has 1 unspecified atom stereocenters. The maximum atomic E-state index is 13.6. The number of hydrogen-bond acceptors (Lipinski definition) is 2. The van der Waals surface area contributed by atoms with E-state index in [4.69, 9.17) is 0 Å². The van der Waals surface area contributed by atoms with Gasteiger partial charge >= 0.3 is 0 Å². The van der Waals surface area contributed by atoms with Crippen molar-refractivity contribution >= 4 is 27.3 Å². The van der Waals surface area contributed by atoms with Crippen molar-refractivity contribution in [1.82, 2.24) is 0 Å². The predicted octanol–water partition coefficient (Wildman–Crippen LogP) is 4.23. The fraction of sp³-hybridized carbons (Fsp3) is 0.231. The Hall–Kier alpha value is -0.710. The lowest BCUT2D eigenvalue weighted by molar-refractivity contribution is 0.180. The van der Waals surface area contributed by atoms with E-state index in [1.807, 2.05) is 18.4 Å². The molecule has 2 aromatic rings. The van der Waals surface area contributed by atoms with Crippen molar-refractivity contribution in [3.05, 3.63) is 55.9 Å². The average molecular weight is 315 g/mol. The number of aliphatic hydroxyl groups is 1. The zero-order chi connectivity index (χ0) is 12.4. The standard InChI is InChI=1S/C13H12BrFOS/c1-8-4-5-17-13(8)12(16)6-9-2-3-10(14)7-11(9)15/h2-5,7,12,16H,6H2,1H3. The monoisotopic (exact) mass is 314 g/mol. The smallest absolute Gasteiger partial charge is 0.127 e. The summed E-state index contributed by atoms with van der Waals surface area (Å²) in [6.07, 6.45) is -0.328. The van der Waals surface area contributed by atoms with E-state index in [1.165, 1.54) is 17.4 Å². The van der Waals surface area contributed by atoms with Crippen molar-refractivity contribution in [3.63, 3.8) is 0 Å². The third-order valence-electron chi connectivity index (χ3n) is 2.63. The highest BCUT2D eigenvalue weighted by Crippen LogP contribution is 2.28. The van der Waals surface area contributed by atoms with Gasteiger partial charge in [-0.3, -0.25) is 0 Å². The topological polar surface area (TPSA) is 20.2 Å². The second kappa shape index (κ2) is 5.29. The van der Waals surface area contributed by atoms with Crippen LogP contribution in [0.3, 0.4) is 0 Å². The van der Waals surface area contributed by atoms with Crippen molar-refractivity contribution in [2.75, 3.05) is 0 Å². The van der Waals surface area contributed by atoms with Gasteiger partial charge in [-0.25, -0.2) is 4.39 Å². The molecule has 0 spiro atoms. The van der Waals surface area contributed by atoms with Crippen LogP contribution in [-0.4, -0.2) is 5.11 Å². The lowest BCUT2D eigenvalue weighted by Crippen LogP contribution is -2.03. The fourth-order valence-corrected chi connectivity index (χ4v) is 2.96. The number of halogens is 2. The van der Waals surface area contributed by atoms with Gasteiger partial charge in [0.05, 0.1) is 6.10 Å². The van der Waals surface area contributed by atoms with Crippen LogP contribution >= 0.6 is 27.3 Å². The van der Waals surface area contributed by atoms with E-state index in [0.29, 0.717) is 16.5 Å². The van der Waals surface area contributed by atoms with Crippen molar-refractivity contribution in [1.29, 1.82) is 0 Å². The molecule has 0 fully saturated rings. The molecule has 0 saturated heterocycles. The maximum absolute atomic E-state index is 13.6. The van der Waals surface area contributed by atoms with Crippen molar-refractivity contribution < 1.29 is 9.50 Å². The minimum Gasteiger partial charge on any atom is -0.387 e. The summed E-state index contributed by atoms with van der Waals surface area (Å²) in [7, 11) is 0. The maximum Gasteiger partial charge on any atom is 0.127 e. The molecule has 90 valence electrons. The zero-order valence-corrected chi connectivity index (χ0v) is 11.7. The summed E-state index contributed by atoms with van der Waals surface area (Å²) in [4.78, 5) is 0.910. The molecule has 17 heavy (non-hydrogen) atoms. The minimum absolute atomic E-state index is 0.285. The SMILES string of the molecule is Cc1ccsc1C(O)Cc1ccc(Br)cc1F. The molecule has 1 aromatic carbocycles. The Morgan fingerprint density at radius 3 is 2.76 bits per heavy atom. The Bertz CT molecular complexity index is 524. The first-order valence-electron chi connectivity index (χ1n) is 5.24. The van der Waals surface area contributed by atoms with Crippen LogP contribution in [0.25, 0.3) is 0 Å². The Labute approximate surface area is 112 Å². The first-order chi connectivity index (χ1) is 8.08. The van der Waals surface area contributed by atoms with Gasteiger partial charge in [0.2, 0.25) is 0 Å². The molecule has 0 saturated carbocycles. The van der Waals surface area contributed by atoms with E-state index < -0.39 is 6.10 Å². The molecule has 0 amide bonds. The van der Waals surface area contributed by atoms with Crippen LogP contribution < -0.4 is 0 Å². The highest BCUT2D eigenvalue weighted by Gasteiger charge is 2.14. The van der Waals surface area contributed by atoms with E-state index >= 15 is 0 Å². The Morgan fingerprint density at radius 1 is 1.41 bits per heavy atom. The summed E-state index contributed by atoms with van der Waals surface area (Å²) in [5.74, 6) is -0.285. The van der Waals surface area contributed by atoms with E-state index in [-0.39, 0.29) is 5.82 Å². The van der Waals surface area contributed by atoms with Crippen LogP contribution in [0.4, 0.5) is 4.39 Å². The highest BCUT2D eigenvalue weighted by molar-refractivity contribution is 9.10. The van der Waals surface area contributed by atoms with Crippen LogP contribution in [0.15, 0.2) is 34.1 Å². The van der Waals surface area contributed by atoms with Crippen LogP contribution in [-0.2, 0) is 6.42 Å². The molecule has 0 aliphatic carbocycles. The largest absolute Gasteiger partial charge is 0.387 e. The highest BCUT2D eigenvalue weighted by atomic mass is 79.9. The molecule has 0 radical (unpaired) electrons. The van der Waals surface area contributed by atoms with Gasteiger partial charge in [0, 0.05) is 15.8 Å². The van der Waals surface area contributed by atoms with Gasteiger partial charge in [-0.05, 0) is 41.6 Å². The molecular weight excluding hydrogens is 303 g/mol. The first-order valence-corrected chi connectivity index (χ1v) is 6.91. The molecule has 2 rings (SSSR count). The molecule has 1 atom stereocenters. The molecule has 1 heterocycles. The van der Waals surface area contributed by atoms with Gasteiger partial charge in [-0.1, -0.05) is 22.0 Å². The van der Waals surface area contributed by atoms with Crippen molar-refractivity contribution in [2.24, 2.45) is 0 Å². The van der Waals surface area contributed by atoms with Crippen molar-refractivity contribution in [2.45, 2.75) is 19.4 Å². The Kier molecular flexibility index (Phi) is 3.97. The third kappa shape index (κ3) is 2.94. The van der Waals surface area contributed by atoms with Gasteiger partial charge in [-0.15, -0.1) is 11.3 Å². The lowest BCUT2D eigenvalue weighted by Gasteiger charge is -2.11. The van der Waals surface area contributed by atoms with E-state index in [2.05, 4.69) is 15.9 Å². The summed E-state index contributed by atoms with van der Waals surface area (Å²) >= 11 is 4.72. The second-order valence-electron chi connectivity index (χ2n) is 3.92. The molecule has 0 aliphatic rings. The lowest BCUT2D eigenvalue weighted by atomic mass is 10.0. The van der Waals surface area contributed by atoms with Crippen LogP contribution in [0.1, 0.15) is 22.1 Å². The van der Waals surface area contributed by atoms with Gasteiger partial charge in [0.25, 0.3) is 0 Å². The average Bonchev–Trinajstić information content (AvgIpc) is 2.68. The number of aliphatic hydroxyl groups excluding tert-OH is 1. The molecule has 0 bridgehead atoms. The summed E-state index contributed by atoms with van der Waals surface area (Å²) in [5.41, 5.74) is 1.59. The van der Waals surface area contributed by atoms with Gasteiger partial charge in [0.1, 0.15) is 5.82 Å². The molecule has 1 aromatic heterocycles. The summed E-state index contributed by atoms with van der Waals surface area (Å²) in [6, 6.07) is 6.86. The van der Waals surface area contributed by atoms with Crippen LogP contribution in [0, 0.1) is 12.7 Å². The minimum atomic E-state index is -0.634. The first kappa shape index (κ1) is 12.7. The molecule has 1 nitrogen and oxygen atoms in total. The number of rotatable bonds is 3. The molecular formula is C13H12BrFOS.